The van der Waals surface area contributed by atoms with Crippen molar-refractivity contribution in [3.8, 4) is 0 Å². The van der Waals surface area contributed by atoms with E-state index >= 15 is 0 Å². The summed E-state index contributed by atoms with van der Waals surface area (Å²) in [4.78, 5) is 11.6. The molecule has 1 rings (SSSR count). The molecule has 1 amide bonds. The number of nitrogens with one attached hydrogen (secondary N) is 1. The van der Waals surface area contributed by atoms with E-state index < -0.39 is 24.2 Å². The molecule has 0 spiro atoms. The Morgan fingerprint density at radius 1 is 1.35 bits per heavy atom. The molecule has 0 saturated heterocycles. The van der Waals surface area contributed by atoms with Crippen LogP contribution in [0.1, 0.15) is 64.7 Å². The lowest BCUT2D eigenvalue weighted by Crippen LogP contribution is -2.52. The lowest BCUT2D eigenvalue weighted by atomic mass is 9.82. The number of hydrogen-bond donors (Lipinski definition) is 4. The van der Waals surface area contributed by atoms with Gasteiger partial charge in [0.25, 0.3) is 0 Å². The van der Waals surface area contributed by atoms with Gasteiger partial charge in [-0.3, -0.25) is 4.79 Å². The molecule has 1 fully saturated rings. The predicted octanol–water partition coefficient (Wildman–Crippen LogP) is 1.87. The summed E-state index contributed by atoms with van der Waals surface area (Å²) in [5, 5.41) is 23.6. The molecule has 0 bridgehead atoms. The Kier molecular flexibility index (Phi) is 9.44. The zero-order chi connectivity index (χ0) is 17.2. The van der Waals surface area contributed by atoms with Crippen LogP contribution in [0.3, 0.4) is 0 Å². The molecule has 134 valence electrons. The van der Waals surface area contributed by atoms with Crippen molar-refractivity contribution >= 4 is 5.91 Å². The minimum absolute atomic E-state index is 0.225. The standard InChI is InChI=1S/C18H34N2O3/c1-3-8-15(18(19)23)20-16(17(22)12-14(21)4-2)11-13-9-6-5-7-10-13/h3,13-17,20-22H,1,4-12H2,2H3,(H2,19,23). The Morgan fingerprint density at radius 3 is 2.52 bits per heavy atom. The second-order valence-electron chi connectivity index (χ2n) is 6.86. The number of primary amides is 1. The van der Waals surface area contributed by atoms with Gasteiger partial charge in [-0.1, -0.05) is 45.1 Å². The largest absolute Gasteiger partial charge is 0.393 e. The zero-order valence-electron chi connectivity index (χ0n) is 14.4. The fraction of sp³-hybridized carbons (Fsp3) is 0.833. The first-order valence-electron chi connectivity index (χ1n) is 9.00. The first-order valence-corrected chi connectivity index (χ1v) is 9.00. The number of carbonyl (C=O) groups is 1. The number of aliphatic hydroxyl groups is 2. The molecule has 1 aliphatic carbocycles. The summed E-state index contributed by atoms with van der Waals surface area (Å²) in [6, 6.07) is -0.744. The monoisotopic (exact) mass is 326 g/mol. The normalized spacial score (nSPS) is 21.3. The quantitative estimate of drug-likeness (QED) is 0.436. The van der Waals surface area contributed by atoms with Crippen LogP contribution in [0.15, 0.2) is 12.7 Å². The third-order valence-electron chi connectivity index (χ3n) is 4.92. The number of aliphatic hydroxyl groups excluding tert-OH is 2. The number of rotatable bonds is 11. The molecule has 0 aliphatic heterocycles. The van der Waals surface area contributed by atoms with Crippen molar-refractivity contribution in [3.05, 3.63) is 12.7 Å². The highest BCUT2D eigenvalue weighted by Crippen LogP contribution is 2.28. The topological polar surface area (TPSA) is 95.6 Å². The Labute approximate surface area is 140 Å². The SMILES string of the molecule is C=CCC(NC(CC1CCCCC1)C(O)CC(O)CC)C(N)=O. The van der Waals surface area contributed by atoms with Gasteiger partial charge in [-0.05, 0) is 25.2 Å². The molecule has 0 heterocycles. The number of nitrogens with two attached hydrogens (primary N) is 1. The second-order valence-corrected chi connectivity index (χ2v) is 6.86. The molecule has 23 heavy (non-hydrogen) atoms. The summed E-state index contributed by atoms with van der Waals surface area (Å²) in [5.74, 6) is 0.133. The van der Waals surface area contributed by atoms with Gasteiger partial charge < -0.3 is 21.3 Å². The summed E-state index contributed by atoms with van der Waals surface area (Å²) >= 11 is 0. The fourth-order valence-corrected chi connectivity index (χ4v) is 3.42. The average molecular weight is 326 g/mol. The van der Waals surface area contributed by atoms with E-state index in [1.165, 1.54) is 32.1 Å². The van der Waals surface area contributed by atoms with Crippen LogP contribution >= 0.6 is 0 Å². The van der Waals surface area contributed by atoms with Crippen LogP contribution < -0.4 is 11.1 Å². The maximum atomic E-state index is 11.6. The summed E-state index contributed by atoms with van der Waals surface area (Å²) in [6.07, 6.45) is 8.74. The smallest absolute Gasteiger partial charge is 0.234 e. The molecule has 1 aliphatic rings. The van der Waals surface area contributed by atoms with Gasteiger partial charge in [-0.2, -0.15) is 0 Å². The molecule has 0 aromatic rings. The number of carbonyl (C=O) groups excluding carboxylic acids is 1. The second kappa shape index (κ2) is 10.8. The highest BCUT2D eigenvalue weighted by Gasteiger charge is 2.29. The Balaban J connectivity index is 2.72. The van der Waals surface area contributed by atoms with E-state index in [1.54, 1.807) is 6.08 Å². The van der Waals surface area contributed by atoms with Gasteiger partial charge in [0.2, 0.25) is 5.91 Å². The molecule has 5 N–H and O–H groups in total. The van der Waals surface area contributed by atoms with Crippen molar-refractivity contribution in [1.82, 2.24) is 5.32 Å². The van der Waals surface area contributed by atoms with Crippen LogP contribution in [0.5, 0.6) is 0 Å². The van der Waals surface area contributed by atoms with Crippen molar-refractivity contribution in [3.63, 3.8) is 0 Å². The lowest BCUT2D eigenvalue weighted by molar-refractivity contribution is -0.120. The molecule has 5 heteroatoms. The van der Waals surface area contributed by atoms with Crippen LogP contribution in [0.2, 0.25) is 0 Å². The Morgan fingerprint density at radius 2 is 2.00 bits per heavy atom. The zero-order valence-corrected chi connectivity index (χ0v) is 14.4. The van der Waals surface area contributed by atoms with Gasteiger partial charge >= 0.3 is 0 Å². The van der Waals surface area contributed by atoms with Gasteiger partial charge in [0, 0.05) is 12.5 Å². The van der Waals surface area contributed by atoms with Crippen molar-refractivity contribution in [2.45, 2.75) is 89.0 Å². The fourth-order valence-electron chi connectivity index (χ4n) is 3.42. The van der Waals surface area contributed by atoms with Gasteiger partial charge in [0.05, 0.1) is 18.2 Å². The van der Waals surface area contributed by atoms with Crippen molar-refractivity contribution in [2.75, 3.05) is 0 Å². The first kappa shape index (κ1) is 20.1. The third-order valence-corrected chi connectivity index (χ3v) is 4.92. The van der Waals surface area contributed by atoms with Crippen LogP contribution in [0.25, 0.3) is 0 Å². The van der Waals surface area contributed by atoms with Crippen LogP contribution in [0.4, 0.5) is 0 Å². The van der Waals surface area contributed by atoms with E-state index in [-0.39, 0.29) is 6.04 Å². The molecule has 0 aromatic carbocycles. The summed E-state index contributed by atoms with van der Waals surface area (Å²) in [7, 11) is 0. The highest BCUT2D eigenvalue weighted by molar-refractivity contribution is 5.80. The van der Waals surface area contributed by atoms with E-state index in [4.69, 9.17) is 5.73 Å². The first-order chi connectivity index (χ1) is 11.0. The summed E-state index contributed by atoms with van der Waals surface area (Å²) < 4.78 is 0. The summed E-state index contributed by atoms with van der Waals surface area (Å²) in [5.41, 5.74) is 5.45. The molecule has 0 aromatic heterocycles. The molecule has 5 nitrogen and oxygen atoms in total. The van der Waals surface area contributed by atoms with Crippen LogP contribution in [0, 0.1) is 5.92 Å². The maximum Gasteiger partial charge on any atom is 0.234 e. The van der Waals surface area contributed by atoms with E-state index in [9.17, 15) is 15.0 Å². The van der Waals surface area contributed by atoms with E-state index in [0.717, 1.165) is 6.42 Å². The molecular formula is C18H34N2O3. The third kappa shape index (κ3) is 7.46. The summed E-state index contributed by atoms with van der Waals surface area (Å²) in [6.45, 7) is 5.56. The van der Waals surface area contributed by atoms with Crippen molar-refractivity contribution in [1.29, 1.82) is 0 Å². The van der Waals surface area contributed by atoms with E-state index in [2.05, 4.69) is 11.9 Å². The minimum Gasteiger partial charge on any atom is -0.393 e. The average Bonchev–Trinajstić information content (AvgIpc) is 2.54. The van der Waals surface area contributed by atoms with E-state index in [1.807, 2.05) is 6.92 Å². The lowest BCUT2D eigenvalue weighted by Gasteiger charge is -2.33. The van der Waals surface area contributed by atoms with Gasteiger partial charge in [-0.25, -0.2) is 0 Å². The molecule has 4 unspecified atom stereocenters. The van der Waals surface area contributed by atoms with Crippen molar-refractivity contribution in [2.24, 2.45) is 11.7 Å². The van der Waals surface area contributed by atoms with Gasteiger partial charge in [0.1, 0.15) is 0 Å². The van der Waals surface area contributed by atoms with Crippen LogP contribution in [-0.2, 0) is 4.79 Å². The Bertz CT molecular complexity index is 356. The molecule has 4 atom stereocenters. The van der Waals surface area contributed by atoms with Gasteiger partial charge in [-0.15, -0.1) is 6.58 Å². The minimum atomic E-state index is -0.682. The highest BCUT2D eigenvalue weighted by atomic mass is 16.3. The van der Waals surface area contributed by atoms with Crippen LogP contribution in [-0.4, -0.2) is 40.4 Å². The number of amides is 1. The number of hydrogen-bond acceptors (Lipinski definition) is 4. The molecule has 0 radical (unpaired) electrons. The molecule has 1 saturated carbocycles. The molecular weight excluding hydrogens is 292 g/mol. The van der Waals surface area contributed by atoms with Gasteiger partial charge in [0.15, 0.2) is 0 Å². The van der Waals surface area contributed by atoms with Crippen molar-refractivity contribution < 1.29 is 15.0 Å². The maximum absolute atomic E-state index is 11.6. The predicted molar refractivity (Wildman–Crippen MR) is 92.8 cm³/mol. The van der Waals surface area contributed by atoms with E-state index in [0.29, 0.717) is 25.2 Å². The Hall–Kier alpha value is -0.910.